The fourth-order valence-electron chi connectivity index (χ4n) is 2.12. The van der Waals surface area contributed by atoms with E-state index in [4.69, 9.17) is 9.47 Å². The Labute approximate surface area is 114 Å². The first-order chi connectivity index (χ1) is 9.38. The summed E-state index contributed by atoms with van der Waals surface area (Å²) in [5.74, 6) is 0. The Bertz CT molecular complexity index is 400. The van der Waals surface area contributed by atoms with Crippen molar-refractivity contribution in [2.75, 3.05) is 6.61 Å². The van der Waals surface area contributed by atoms with Crippen molar-refractivity contribution in [2.24, 2.45) is 0 Å². The van der Waals surface area contributed by atoms with E-state index in [9.17, 15) is 4.79 Å². The average Bonchev–Trinajstić information content (AvgIpc) is 2.46. The zero-order valence-electron chi connectivity index (χ0n) is 11.0. The minimum atomic E-state index is -0.0506. The van der Waals surface area contributed by atoms with Crippen LogP contribution in [-0.2, 0) is 20.9 Å². The van der Waals surface area contributed by atoms with Crippen LogP contribution in [-0.4, -0.2) is 25.1 Å². The van der Waals surface area contributed by atoms with E-state index in [1.54, 1.807) is 0 Å². The highest BCUT2D eigenvalue weighted by atomic mass is 16.5. The smallest absolute Gasteiger partial charge is 0.122 e. The molecule has 0 saturated carbocycles. The van der Waals surface area contributed by atoms with E-state index in [1.807, 2.05) is 24.3 Å². The number of benzene rings is 1. The van der Waals surface area contributed by atoms with Crippen molar-refractivity contribution in [1.29, 1.82) is 0 Å². The molecule has 0 bridgehead atoms. The molecule has 0 saturated heterocycles. The van der Waals surface area contributed by atoms with Crippen LogP contribution in [0, 0.1) is 0 Å². The molecule has 0 fully saturated rings. The van der Waals surface area contributed by atoms with Crippen LogP contribution in [0.25, 0.3) is 0 Å². The molecule has 2 rings (SSSR count). The van der Waals surface area contributed by atoms with Crippen molar-refractivity contribution in [1.82, 2.24) is 0 Å². The Kier molecular flexibility index (Phi) is 5.79. The van der Waals surface area contributed by atoms with E-state index in [1.165, 1.54) is 5.56 Å². The lowest BCUT2D eigenvalue weighted by molar-refractivity contribution is -0.111. The Morgan fingerprint density at radius 1 is 1.32 bits per heavy atom. The van der Waals surface area contributed by atoms with E-state index >= 15 is 0 Å². The quantitative estimate of drug-likeness (QED) is 0.429. The summed E-state index contributed by atoms with van der Waals surface area (Å²) in [7, 11) is 0. The monoisotopic (exact) mass is 260 g/mol. The molecule has 1 aliphatic rings. The fraction of sp³-hybridized carbons (Fsp3) is 0.438. The number of carbonyl (C=O) groups excluding carboxylic acids is 1. The Morgan fingerprint density at radius 2 is 2.16 bits per heavy atom. The molecule has 0 radical (unpaired) electrons. The molecule has 0 N–H and O–H groups in total. The minimum Gasteiger partial charge on any atom is -0.377 e. The van der Waals surface area contributed by atoms with Crippen LogP contribution in [0.5, 0.6) is 0 Å². The molecule has 3 heteroatoms. The summed E-state index contributed by atoms with van der Waals surface area (Å²) >= 11 is 0. The van der Waals surface area contributed by atoms with Crippen LogP contribution < -0.4 is 0 Å². The summed E-state index contributed by atoms with van der Waals surface area (Å²) < 4.78 is 11.4. The Balaban J connectivity index is 1.63. The summed E-state index contributed by atoms with van der Waals surface area (Å²) in [6, 6.07) is 10.1. The highest BCUT2D eigenvalue weighted by Crippen LogP contribution is 2.17. The second-order valence-electron chi connectivity index (χ2n) is 4.69. The summed E-state index contributed by atoms with van der Waals surface area (Å²) in [6.45, 7) is 1.32. The van der Waals surface area contributed by atoms with Gasteiger partial charge in [0, 0.05) is 13.0 Å². The van der Waals surface area contributed by atoms with Gasteiger partial charge in [0.1, 0.15) is 6.29 Å². The normalized spacial score (nSPS) is 22.3. The van der Waals surface area contributed by atoms with Crippen LogP contribution in [0.1, 0.15) is 24.8 Å². The molecule has 1 aliphatic heterocycles. The van der Waals surface area contributed by atoms with E-state index in [2.05, 4.69) is 18.2 Å². The Morgan fingerprint density at radius 3 is 2.95 bits per heavy atom. The molecule has 1 heterocycles. The number of ether oxygens (including phenoxy) is 2. The number of aldehydes is 1. The van der Waals surface area contributed by atoms with Gasteiger partial charge in [-0.3, -0.25) is 0 Å². The van der Waals surface area contributed by atoms with Gasteiger partial charge in [-0.25, -0.2) is 0 Å². The van der Waals surface area contributed by atoms with E-state index in [0.717, 1.165) is 19.1 Å². The Hall–Kier alpha value is -1.45. The molecule has 0 aromatic heterocycles. The van der Waals surface area contributed by atoms with E-state index < -0.39 is 0 Å². The van der Waals surface area contributed by atoms with Crippen LogP contribution in [0.2, 0.25) is 0 Å². The van der Waals surface area contributed by atoms with Gasteiger partial charge >= 0.3 is 0 Å². The number of hydrogen-bond acceptors (Lipinski definition) is 3. The maximum atomic E-state index is 10.5. The molecular weight excluding hydrogens is 240 g/mol. The predicted octanol–water partition coefficient (Wildman–Crippen LogP) is 2.90. The lowest BCUT2D eigenvalue weighted by Crippen LogP contribution is -2.25. The van der Waals surface area contributed by atoms with Gasteiger partial charge in [0.05, 0.1) is 18.8 Å². The fourth-order valence-corrected chi connectivity index (χ4v) is 2.12. The third-order valence-electron chi connectivity index (χ3n) is 3.14. The minimum absolute atomic E-state index is 0.0506. The van der Waals surface area contributed by atoms with Gasteiger partial charge in [0.2, 0.25) is 0 Å². The molecule has 1 aromatic rings. The number of hydrogen-bond donors (Lipinski definition) is 0. The van der Waals surface area contributed by atoms with E-state index in [-0.39, 0.29) is 12.2 Å². The highest BCUT2D eigenvalue weighted by molar-refractivity contribution is 5.50. The lowest BCUT2D eigenvalue weighted by atomic mass is 10.1. The van der Waals surface area contributed by atoms with Gasteiger partial charge in [-0.05, 0) is 18.4 Å². The second-order valence-corrected chi connectivity index (χ2v) is 4.69. The lowest BCUT2D eigenvalue weighted by Gasteiger charge is -2.24. The SMILES string of the molecule is O=CC[C@@H]1C=CC[C@@H](CCOCc2ccccc2)O1. The topological polar surface area (TPSA) is 35.5 Å². The van der Waals surface area contributed by atoms with Crippen molar-refractivity contribution in [3.05, 3.63) is 48.0 Å². The summed E-state index contributed by atoms with van der Waals surface area (Å²) in [5, 5.41) is 0. The molecule has 0 spiro atoms. The molecular formula is C16H20O3. The average molecular weight is 260 g/mol. The molecule has 0 amide bonds. The van der Waals surface area contributed by atoms with Crippen LogP contribution in [0.15, 0.2) is 42.5 Å². The first-order valence-electron chi connectivity index (χ1n) is 6.76. The van der Waals surface area contributed by atoms with Crippen molar-refractivity contribution in [2.45, 2.75) is 38.1 Å². The molecule has 1 aromatic carbocycles. The third kappa shape index (κ3) is 4.97. The van der Waals surface area contributed by atoms with Gasteiger partial charge in [0.15, 0.2) is 0 Å². The number of rotatable bonds is 7. The molecule has 0 aliphatic carbocycles. The molecule has 0 unspecified atom stereocenters. The first-order valence-corrected chi connectivity index (χ1v) is 6.76. The molecule has 19 heavy (non-hydrogen) atoms. The second kappa shape index (κ2) is 7.87. The standard InChI is InChI=1S/C16H20O3/c17-11-9-15-7-4-8-16(19-15)10-12-18-13-14-5-2-1-3-6-14/h1-7,11,15-16H,8-10,12-13H2/t15-,16-/m0/s1. The predicted molar refractivity (Wildman–Crippen MR) is 73.8 cm³/mol. The van der Waals surface area contributed by atoms with E-state index in [0.29, 0.717) is 19.6 Å². The van der Waals surface area contributed by atoms with Crippen molar-refractivity contribution in [3.63, 3.8) is 0 Å². The third-order valence-corrected chi connectivity index (χ3v) is 3.14. The van der Waals surface area contributed by atoms with Gasteiger partial charge in [-0.15, -0.1) is 0 Å². The van der Waals surface area contributed by atoms with Crippen molar-refractivity contribution in [3.8, 4) is 0 Å². The highest BCUT2D eigenvalue weighted by Gasteiger charge is 2.17. The van der Waals surface area contributed by atoms with Crippen LogP contribution >= 0.6 is 0 Å². The molecule has 102 valence electrons. The van der Waals surface area contributed by atoms with Crippen LogP contribution in [0.3, 0.4) is 0 Å². The summed E-state index contributed by atoms with van der Waals surface area (Å²) in [5.41, 5.74) is 1.19. The first kappa shape index (κ1) is 14.0. The van der Waals surface area contributed by atoms with Gasteiger partial charge in [0.25, 0.3) is 0 Å². The maximum absolute atomic E-state index is 10.5. The van der Waals surface area contributed by atoms with Crippen molar-refractivity contribution < 1.29 is 14.3 Å². The largest absolute Gasteiger partial charge is 0.377 e. The van der Waals surface area contributed by atoms with Gasteiger partial charge in [-0.2, -0.15) is 0 Å². The van der Waals surface area contributed by atoms with Crippen molar-refractivity contribution >= 4 is 6.29 Å². The zero-order valence-corrected chi connectivity index (χ0v) is 11.0. The van der Waals surface area contributed by atoms with Gasteiger partial charge in [-0.1, -0.05) is 42.5 Å². The zero-order chi connectivity index (χ0) is 13.3. The summed E-state index contributed by atoms with van der Waals surface area (Å²) in [6.07, 6.45) is 7.31. The maximum Gasteiger partial charge on any atom is 0.122 e. The number of carbonyl (C=O) groups is 1. The molecule has 3 nitrogen and oxygen atoms in total. The summed E-state index contributed by atoms with van der Waals surface area (Å²) in [4.78, 5) is 10.5. The van der Waals surface area contributed by atoms with Crippen LogP contribution in [0.4, 0.5) is 0 Å². The van der Waals surface area contributed by atoms with Gasteiger partial charge < -0.3 is 14.3 Å². The molecule has 2 atom stereocenters.